The molecule has 0 N–H and O–H groups in total. The molecule has 0 aromatic heterocycles. The summed E-state index contributed by atoms with van der Waals surface area (Å²) >= 11 is 4.13. The standard InChI is InChI=1S/C13H16OS/c1-3-6-12-7-4-5-8-13(12)14-9-11(2)10-15/h3-5,7-8,15H,1-2,6,9-10H2. The summed E-state index contributed by atoms with van der Waals surface area (Å²) in [5.41, 5.74) is 2.13. The van der Waals surface area contributed by atoms with Gasteiger partial charge in [-0.25, -0.2) is 0 Å². The van der Waals surface area contributed by atoms with Crippen LogP contribution in [0.1, 0.15) is 5.56 Å². The van der Waals surface area contributed by atoms with Crippen LogP contribution in [0.2, 0.25) is 0 Å². The number of allylic oxidation sites excluding steroid dienone is 1. The minimum atomic E-state index is 0.525. The van der Waals surface area contributed by atoms with E-state index in [4.69, 9.17) is 4.74 Å². The molecule has 0 aliphatic carbocycles. The first-order chi connectivity index (χ1) is 7.27. The summed E-state index contributed by atoms with van der Waals surface area (Å²) in [7, 11) is 0. The monoisotopic (exact) mass is 220 g/mol. The summed E-state index contributed by atoms with van der Waals surface area (Å²) < 4.78 is 5.65. The topological polar surface area (TPSA) is 9.23 Å². The van der Waals surface area contributed by atoms with Crippen LogP contribution in [0.25, 0.3) is 0 Å². The minimum absolute atomic E-state index is 0.525. The fourth-order valence-electron chi connectivity index (χ4n) is 1.19. The van der Waals surface area contributed by atoms with Crippen LogP contribution in [0, 0.1) is 0 Å². The Labute approximate surface area is 96.9 Å². The van der Waals surface area contributed by atoms with Gasteiger partial charge in [0.25, 0.3) is 0 Å². The van der Waals surface area contributed by atoms with E-state index in [1.165, 1.54) is 0 Å². The van der Waals surface area contributed by atoms with Crippen LogP contribution in [0.15, 0.2) is 49.1 Å². The quantitative estimate of drug-likeness (QED) is 0.572. The van der Waals surface area contributed by atoms with Crippen molar-refractivity contribution in [3.05, 3.63) is 54.6 Å². The van der Waals surface area contributed by atoms with Gasteiger partial charge in [-0.05, 0) is 23.6 Å². The third kappa shape index (κ3) is 3.84. The summed E-state index contributed by atoms with van der Waals surface area (Å²) in [6.07, 6.45) is 2.69. The van der Waals surface area contributed by atoms with Gasteiger partial charge in [0.2, 0.25) is 0 Å². The van der Waals surface area contributed by atoms with Gasteiger partial charge in [-0.1, -0.05) is 30.9 Å². The Kier molecular flexibility index (Phi) is 5.05. The number of para-hydroxylation sites is 1. The summed E-state index contributed by atoms with van der Waals surface area (Å²) in [6.45, 7) is 8.09. The first-order valence-corrected chi connectivity index (χ1v) is 5.50. The molecule has 0 fully saturated rings. The van der Waals surface area contributed by atoms with Gasteiger partial charge in [0.05, 0.1) is 0 Å². The molecule has 0 spiro atoms. The van der Waals surface area contributed by atoms with Gasteiger partial charge in [-0.2, -0.15) is 12.6 Å². The fraction of sp³-hybridized carbons (Fsp3) is 0.231. The lowest BCUT2D eigenvalue weighted by molar-refractivity contribution is 0.350. The number of rotatable bonds is 6. The highest BCUT2D eigenvalue weighted by Crippen LogP contribution is 2.19. The van der Waals surface area contributed by atoms with E-state index in [2.05, 4.69) is 25.8 Å². The van der Waals surface area contributed by atoms with Gasteiger partial charge >= 0.3 is 0 Å². The van der Waals surface area contributed by atoms with Crippen molar-refractivity contribution in [2.24, 2.45) is 0 Å². The molecular formula is C13H16OS. The third-order valence-corrected chi connectivity index (χ3v) is 2.44. The first kappa shape index (κ1) is 11.9. The Morgan fingerprint density at radius 1 is 1.40 bits per heavy atom. The summed E-state index contributed by atoms with van der Waals surface area (Å²) in [5, 5.41) is 0. The lowest BCUT2D eigenvalue weighted by Crippen LogP contribution is -2.03. The zero-order valence-corrected chi connectivity index (χ0v) is 9.67. The maximum atomic E-state index is 5.65. The molecule has 0 aliphatic heterocycles. The van der Waals surface area contributed by atoms with Crippen LogP contribution in [0.3, 0.4) is 0 Å². The molecule has 0 heterocycles. The van der Waals surface area contributed by atoms with E-state index < -0.39 is 0 Å². The summed E-state index contributed by atoms with van der Waals surface area (Å²) in [5.74, 6) is 1.56. The summed E-state index contributed by atoms with van der Waals surface area (Å²) in [4.78, 5) is 0. The van der Waals surface area contributed by atoms with E-state index in [1.54, 1.807) is 0 Å². The SMILES string of the molecule is C=CCc1ccccc1OCC(=C)CS. The molecule has 0 amide bonds. The Morgan fingerprint density at radius 2 is 2.13 bits per heavy atom. The molecule has 0 aliphatic rings. The van der Waals surface area contributed by atoms with Crippen molar-refractivity contribution in [3.8, 4) is 5.75 Å². The van der Waals surface area contributed by atoms with Crippen molar-refractivity contribution in [1.29, 1.82) is 0 Å². The van der Waals surface area contributed by atoms with Gasteiger partial charge < -0.3 is 4.74 Å². The van der Waals surface area contributed by atoms with Crippen molar-refractivity contribution in [3.63, 3.8) is 0 Å². The molecule has 1 nitrogen and oxygen atoms in total. The van der Waals surface area contributed by atoms with Crippen LogP contribution >= 0.6 is 12.6 Å². The van der Waals surface area contributed by atoms with E-state index in [1.807, 2.05) is 30.3 Å². The fourth-order valence-corrected chi connectivity index (χ4v) is 1.29. The van der Waals surface area contributed by atoms with E-state index in [0.717, 1.165) is 23.3 Å². The molecule has 0 radical (unpaired) electrons. The van der Waals surface area contributed by atoms with E-state index in [9.17, 15) is 0 Å². The molecule has 2 heteroatoms. The van der Waals surface area contributed by atoms with Crippen LogP contribution in [0.4, 0.5) is 0 Å². The number of hydrogen-bond donors (Lipinski definition) is 1. The Hall–Kier alpha value is -1.15. The van der Waals surface area contributed by atoms with Gasteiger partial charge in [-0.3, -0.25) is 0 Å². The third-order valence-electron chi connectivity index (χ3n) is 1.99. The van der Waals surface area contributed by atoms with Gasteiger partial charge in [-0.15, -0.1) is 6.58 Å². The maximum Gasteiger partial charge on any atom is 0.123 e. The van der Waals surface area contributed by atoms with Crippen molar-refractivity contribution < 1.29 is 4.74 Å². The molecule has 15 heavy (non-hydrogen) atoms. The van der Waals surface area contributed by atoms with Gasteiger partial charge in [0, 0.05) is 5.75 Å². The largest absolute Gasteiger partial charge is 0.489 e. The molecule has 0 atom stereocenters. The number of ether oxygens (including phenoxy) is 1. The normalized spacial score (nSPS) is 9.67. The van der Waals surface area contributed by atoms with Crippen molar-refractivity contribution in [2.45, 2.75) is 6.42 Å². The number of hydrogen-bond acceptors (Lipinski definition) is 2. The highest BCUT2D eigenvalue weighted by molar-refractivity contribution is 7.80. The molecule has 1 aromatic carbocycles. The molecule has 0 unspecified atom stereocenters. The highest BCUT2D eigenvalue weighted by Gasteiger charge is 2.01. The van der Waals surface area contributed by atoms with Crippen LogP contribution in [0.5, 0.6) is 5.75 Å². The molecular weight excluding hydrogens is 204 g/mol. The molecule has 80 valence electrons. The van der Waals surface area contributed by atoms with Crippen molar-refractivity contribution >= 4 is 12.6 Å². The zero-order chi connectivity index (χ0) is 11.1. The second-order valence-corrected chi connectivity index (χ2v) is 3.61. The van der Waals surface area contributed by atoms with Gasteiger partial charge in [0.15, 0.2) is 0 Å². The summed E-state index contributed by atoms with van der Waals surface area (Å²) in [6, 6.07) is 7.97. The van der Waals surface area contributed by atoms with Crippen LogP contribution in [-0.2, 0) is 6.42 Å². The molecule has 1 rings (SSSR count). The van der Waals surface area contributed by atoms with Crippen LogP contribution < -0.4 is 4.74 Å². The maximum absolute atomic E-state index is 5.65. The smallest absolute Gasteiger partial charge is 0.123 e. The number of benzene rings is 1. The molecule has 0 bridgehead atoms. The predicted molar refractivity (Wildman–Crippen MR) is 68.8 cm³/mol. The molecule has 0 saturated heterocycles. The lowest BCUT2D eigenvalue weighted by atomic mass is 10.1. The Morgan fingerprint density at radius 3 is 2.80 bits per heavy atom. The number of thiol groups is 1. The Balaban J connectivity index is 2.66. The second kappa shape index (κ2) is 6.36. The molecule has 1 aromatic rings. The first-order valence-electron chi connectivity index (χ1n) is 4.87. The zero-order valence-electron chi connectivity index (χ0n) is 8.78. The predicted octanol–water partition coefficient (Wildman–Crippen LogP) is 3.28. The minimum Gasteiger partial charge on any atom is -0.489 e. The van der Waals surface area contributed by atoms with Crippen molar-refractivity contribution in [2.75, 3.05) is 12.4 Å². The van der Waals surface area contributed by atoms with E-state index in [0.29, 0.717) is 12.4 Å². The molecule has 0 saturated carbocycles. The highest BCUT2D eigenvalue weighted by atomic mass is 32.1. The average Bonchev–Trinajstić information content (AvgIpc) is 2.28. The van der Waals surface area contributed by atoms with Crippen LogP contribution in [-0.4, -0.2) is 12.4 Å². The van der Waals surface area contributed by atoms with Gasteiger partial charge in [0.1, 0.15) is 12.4 Å². The lowest BCUT2D eigenvalue weighted by Gasteiger charge is -2.10. The van der Waals surface area contributed by atoms with Crippen molar-refractivity contribution in [1.82, 2.24) is 0 Å². The Bertz CT molecular complexity index is 344. The second-order valence-electron chi connectivity index (χ2n) is 3.30. The average molecular weight is 220 g/mol. The van der Waals surface area contributed by atoms with E-state index in [-0.39, 0.29) is 0 Å². The van der Waals surface area contributed by atoms with E-state index >= 15 is 0 Å².